The first-order valence-corrected chi connectivity index (χ1v) is 8.23. The number of carbonyl (C=O) groups is 2. The molecule has 0 radical (unpaired) electrons. The van der Waals surface area contributed by atoms with Crippen molar-refractivity contribution in [2.45, 2.75) is 19.4 Å². The molecular weight excluding hydrogens is 320 g/mol. The Balaban J connectivity index is 1.56. The maximum Gasteiger partial charge on any atom is 0.338 e. The summed E-state index contributed by atoms with van der Waals surface area (Å²) in [4.78, 5) is 23.5. The molecule has 1 atom stereocenters. The number of rotatable bonds is 9. The monoisotopic (exact) mass is 342 g/mol. The molecule has 2 aromatic carbocycles. The molecule has 132 valence electrons. The number of hydrogen-bond donors (Lipinski definition) is 0. The van der Waals surface area contributed by atoms with Crippen LogP contribution in [0.15, 0.2) is 60.7 Å². The highest BCUT2D eigenvalue weighted by molar-refractivity contribution is 5.89. The molecule has 5 heteroatoms. The van der Waals surface area contributed by atoms with E-state index in [1.165, 1.54) is 0 Å². The van der Waals surface area contributed by atoms with Gasteiger partial charge >= 0.3 is 11.9 Å². The SMILES string of the molecule is CC(COC(=O)c1ccccc1)OCCCOC(=O)c1ccccc1. The van der Waals surface area contributed by atoms with Gasteiger partial charge in [0.05, 0.1) is 30.4 Å². The Morgan fingerprint density at radius 3 is 1.88 bits per heavy atom. The lowest BCUT2D eigenvalue weighted by Crippen LogP contribution is -2.20. The Morgan fingerprint density at radius 2 is 1.32 bits per heavy atom. The Bertz CT molecular complexity index is 654. The van der Waals surface area contributed by atoms with Crippen molar-refractivity contribution >= 4 is 11.9 Å². The van der Waals surface area contributed by atoms with Gasteiger partial charge in [0.25, 0.3) is 0 Å². The molecule has 0 heterocycles. The van der Waals surface area contributed by atoms with Crippen LogP contribution in [0.4, 0.5) is 0 Å². The molecule has 0 aliphatic carbocycles. The van der Waals surface area contributed by atoms with Crippen LogP contribution in [0, 0.1) is 0 Å². The normalized spacial score (nSPS) is 11.6. The van der Waals surface area contributed by atoms with Crippen molar-refractivity contribution < 1.29 is 23.8 Å². The van der Waals surface area contributed by atoms with Crippen molar-refractivity contribution in [3.8, 4) is 0 Å². The summed E-state index contributed by atoms with van der Waals surface area (Å²) in [6, 6.07) is 17.7. The standard InChI is InChI=1S/C20H22O5/c1-16(15-25-20(22)18-11-6-3-7-12-18)23-13-8-14-24-19(21)17-9-4-2-5-10-17/h2-7,9-12,16H,8,13-15H2,1H3. The zero-order valence-corrected chi connectivity index (χ0v) is 14.2. The lowest BCUT2D eigenvalue weighted by molar-refractivity contribution is -0.00595. The summed E-state index contributed by atoms with van der Waals surface area (Å²) in [5, 5.41) is 0. The molecule has 0 bridgehead atoms. The largest absolute Gasteiger partial charge is 0.462 e. The molecule has 0 spiro atoms. The molecule has 1 unspecified atom stereocenters. The third kappa shape index (κ3) is 6.77. The summed E-state index contributed by atoms with van der Waals surface area (Å²) in [6.45, 7) is 2.71. The van der Waals surface area contributed by atoms with Crippen LogP contribution in [0.25, 0.3) is 0 Å². The zero-order chi connectivity index (χ0) is 17.9. The van der Waals surface area contributed by atoms with Gasteiger partial charge in [0.1, 0.15) is 6.61 Å². The van der Waals surface area contributed by atoms with E-state index >= 15 is 0 Å². The summed E-state index contributed by atoms with van der Waals surface area (Å²) in [6.07, 6.45) is 0.354. The topological polar surface area (TPSA) is 61.8 Å². The maximum atomic E-state index is 11.8. The van der Waals surface area contributed by atoms with Crippen LogP contribution >= 0.6 is 0 Å². The average Bonchev–Trinajstić information content (AvgIpc) is 2.67. The Kier molecular flexibility index (Phi) is 7.66. The second-order valence-corrected chi connectivity index (χ2v) is 5.50. The van der Waals surface area contributed by atoms with Crippen molar-refractivity contribution in [2.75, 3.05) is 19.8 Å². The summed E-state index contributed by atoms with van der Waals surface area (Å²) in [5.74, 6) is -0.710. The second kappa shape index (κ2) is 10.3. The van der Waals surface area contributed by atoms with E-state index in [0.29, 0.717) is 24.2 Å². The minimum Gasteiger partial charge on any atom is -0.462 e. The highest BCUT2D eigenvalue weighted by atomic mass is 16.6. The van der Waals surface area contributed by atoms with Crippen LogP contribution in [-0.2, 0) is 14.2 Å². The molecule has 25 heavy (non-hydrogen) atoms. The Hall–Kier alpha value is -2.66. The van der Waals surface area contributed by atoms with E-state index in [2.05, 4.69) is 0 Å². The number of carbonyl (C=O) groups excluding carboxylic acids is 2. The first kappa shape index (κ1) is 18.7. The smallest absolute Gasteiger partial charge is 0.338 e. The lowest BCUT2D eigenvalue weighted by Gasteiger charge is -2.13. The van der Waals surface area contributed by atoms with Gasteiger partial charge in [0.15, 0.2) is 0 Å². The highest BCUT2D eigenvalue weighted by Gasteiger charge is 2.10. The van der Waals surface area contributed by atoms with Crippen molar-refractivity contribution in [3.63, 3.8) is 0 Å². The van der Waals surface area contributed by atoms with Crippen molar-refractivity contribution in [1.29, 1.82) is 0 Å². The van der Waals surface area contributed by atoms with E-state index in [4.69, 9.17) is 14.2 Å². The van der Waals surface area contributed by atoms with Crippen LogP contribution < -0.4 is 0 Å². The van der Waals surface area contributed by atoms with Gasteiger partial charge < -0.3 is 14.2 Å². The second-order valence-electron chi connectivity index (χ2n) is 5.50. The predicted octanol–water partition coefficient (Wildman–Crippen LogP) is 3.50. The van der Waals surface area contributed by atoms with Crippen LogP contribution in [0.1, 0.15) is 34.1 Å². The molecule has 5 nitrogen and oxygen atoms in total. The maximum absolute atomic E-state index is 11.8. The molecule has 0 fully saturated rings. The molecule has 0 amide bonds. The van der Waals surface area contributed by atoms with E-state index < -0.39 is 0 Å². The average molecular weight is 342 g/mol. The Labute approximate surface area is 147 Å². The van der Waals surface area contributed by atoms with E-state index in [0.717, 1.165) is 0 Å². The van der Waals surface area contributed by atoms with E-state index in [1.807, 2.05) is 19.1 Å². The molecule has 0 aromatic heterocycles. The Morgan fingerprint density at radius 1 is 0.800 bits per heavy atom. The first-order valence-electron chi connectivity index (χ1n) is 8.23. The number of benzene rings is 2. The van der Waals surface area contributed by atoms with Crippen LogP contribution in [0.3, 0.4) is 0 Å². The molecule has 0 aliphatic rings. The molecular formula is C20H22O5. The van der Waals surface area contributed by atoms with Crippen molar-refractivity contribution in [2.24, 2.45) is 0 Å². The fraction of sp³-hybridized carbons (Fsp3) is 0.300. The molecule has 0 aliphatic heterocycles. The predicted molar refractivity (Wildman–Crippen MR) is 93.5 cm³/mol. The molecule has 0 N–H and O–H groups in total. The first-order chi connectivity index (χ1) is 12.2. The lowest BCUT2D eigenvalue weighted by atomic mass is 10.2. The number of esters is 2. The van der Waals surface area contributed by atoms with Crippen LogP contribution in [0.2, 0.25) is 0 Å². The van der Waals surface area contributed by atoms with E-state index in [-0.39, 0.29) is 31.3 Å². The summed E-state index contributed by atoms with van der Waals surface area (Å²) < 4.78 is 15.9. The molecule has 2 rings (SSSR count). The van der Waals surface area contributed by atoms with Crippen LogP contribution in [-0.4, -0.2) is 37.9 Å². The van der Waals surface area contributed by atoms with Gasteiger partial charge in [-0.25, -0.2) is 9.59 Å². The van der Waals surface area contributed by atoms with E-state index in [9.17, 15) is 9.59 Å². The number of ether oxygens (including phenoxy) is 3. The van der Waals surface area contributed by atoms with Gasteiger partial charge in [-0.15, -0.1) is 0 Å². The molecule has 2 aromatic rings. The third-order valence-electron chi connectivity index (χ3n) is 3.39. The fourth-order valence-corrected chi connectivity index (χ4v) is 2.06. The van der Waals surface area contributed by atoms with Gasteiger partial charge in [0, 0.05) is 6.42 Å². The van der Waals surface area contributed by atoms with Gasteiger partial charge in [-0.3, -0.25) is 0 Å². The summed E-state index contributed by atoms with van der Waals surface area (Å²) in [5.41, 5.74) is 1.05. The van der Waals surface area contributed by atoms with E-state index in [1.54, 1.807) is 48.5 Å². The zero-order valence-electron chi connectivity index (χ0n) is 14.2. The minimum atomic E-state index is -0.368. The van der Waals surface area contributed by atoms with Crippen molar-refractivity contribution in [3.05, 3.63) is 71.8 Å². The fourth-order valence-electron chi connectivity index (χ4n) is 2.06. The van der Waals surface area contributed by atoms with Gasteiger partial charge in [-0.2, -0.15) is 0 Å². The van der Waals surface area contributed by atoms with Gasteiger partial charge in [-0.05, 0) is 31.2 Å². The molecule has 0 saturated carbocycles. The summed E-state index contributed by atoms with van der Waals surface area (Å²) >= 11 is 0. The van der Waals surface area contributed by atoms with Gasteiger partial charge in [-0.1, -0.05) is 36.4 Å². The van der Waals surface area contributed by atoms with Crippen LogP contribution in [0.5, 0.6) is 0 Å². The minimum absolute atomic E-state index is 0.178. The highest BCUT2D eigenvalue weighted by Crippen LogP contribution is 2.04. The third-order valence-corrected chi connectivity index (χ3v) is 3.39. The molecule has 0 saturated heterocycles. The summed E-state index contributed by atoms with van der Waals surface area (Å²) in [7, 11) is 0. The quantitative estimate of drug-likeness (QED) is 0.516. The van der Waals surface area contributed by atoms with Crippen molar-refractivity contribution in [1.82, 2.24) is 0 Å². The number of hydrogen-bond acceptors (Lipinski definition) is 5. The van der Waals surface area contributed by atoms with Gasteiger partial charge in [0.2, 0.25) is 0 Å².